The number of rotatable bonds is 6. The molecule has 6 heteroatoms. The van der Waals surface area contributed by atoms with Gasteiger partial charge in [0.05, 0.1) is 7.11 Å². The predicted octanol–water partition coefficient (Wildman–Crippen LogP) is 7.34. The van der Waals surface area contributed by atoms with Crippen molar-refractivity contribution in [1.29, 1.82) is 0 Å². The third kappa shape index (κ3) is 6.02. The van der Waals surface area contributed by atoms with Gasteiger partial charge in [0.1, 0.15) is 19.9 Å². The molecule has 0 saturated carbocycles. The summed E-state index contributed by atoms with van der Waals surface area (Å²) in [4.78, 5) is 18.7. The van der Waals surface area contributed by atoms with Crippen LogP contribution in [0.4, 0.5) is 0 Å². The van der Waals surface area contributed by atoms with Gasteiger partial charge in [-0.3, -0.25) is 4.99 Å². The lowest BCUT2D eigenvalue weighted by Crippen LogP contribution is -2.46. The molecule has 1 heterocycles. The Morgan fingerprint density at radius 3 is 2.12 bits per heavy atom. The first-order valence-electron chi connectivity index (χ1n) is 13.6. The lowest BCUT2D eigenvalue weighted by atomic mass is 9.83. The zero-order valence-corrected chi connectivity index (χ0v) is 24.8. The number of methoxy groups -OCH3 is 1. The molecular weight excluding hydrogens is 526 g/mol. The third-order valence-electron chi connectivity index (χ3n) is 6.78. The Labute approximate surface area is 242 Å². The molecule has 206 valence electrons. The first-order chi connectivity index (χ1) is 19.8. The van der Waals surface area contributed by atoms with Gasteiger partial charge in [0, 0.05) is 17.3 Å². The first kappa shape index (κ1) is 28.1. The molecule has 5 nitrogen and oxygen atoms in total. The normalized spacial score (nSPS) is 16.0. The number of hydrogen-bond acceptors (Lipinski definition) is 5. The summed E-state index contributed by atoms with van der Waals surface area (Å²) in [6, 6.07) is 33.9. The molecule has 2 unspecified atom stereocenters. The fraction of sp³-hybridized carbons (Fsp3) is 0.200. The molecule has 5 rings (SSSR count). The lowest BCUT2D eigenvalue weighted by molar-refractivity contribution is -0.155. The Morgan fingerprint density at radius 2 is 1.51 bits per heavy atom. The monoisotopic (exact) mass is 559 g/mol. The molecule has 1 aliphatic heterocycles. The molecule has 41 heavy (non-hydrogen) atoms. The van der Waals surface area contributed by atoms with Crippen molar-refractivity contribution in [3.8, 4) is 39.5 Å². The van der Waals surface area contributed by atoms with E-state index in [-0.39, 0.29) is 6.79 Å². The zero-order chi connectivity index (χ0) is 28.9. The van der Waals surface area contributed by atoms with Crippen LogP contribution in [0, 0.1) is 11.5 Å². The SMILES string of the molecule is COC(=O)C(C#C[Si](C)(C)C)(N=Cc1ccccc1)C1OCOc2c1ccc(-c1ccccc1)c2-c1ccccc1. The molecule has 0 N–H and O–H groups in total. The van der Waals surface area contributed by atoms with Gasteiger partial charge in [0.2, 0.25) is 5.54 Å². The van der Waals surface area contributed by atoms with Crippen LogP contribution in [0.25, 0.3) is 22.3 Å². The lowest BCUT2D eigenvalue weighted by Gasteiger charge is -2.36. The quantitative estimate of drug-likeness (QED) is 0.107. The van der Waals surface area contributed by atoms with E-state index < -0.39 is 25.7 Å². The molecule has 0 aromatic heterocycles. The summed E-state index contributed by atoms with van der Waals surface area (Å²) in [5.74, 6) is 3.33. The van der Waals surface area contributed by atoms with E-state index in [1.807, 2.05) is 72.8 Å². The average Bonchev–Trinajstić information content (AvgIpc) is 3.01. The van der Waals surface area contributed by atoms with Crippen molar-refractivity contribution in [2.45, 2.75) is 31.3 Å². The van der Waals surface area contributed by atoms with Gasteiger partial charge >= 0.3 is 5.97 Å². The van der Waals surface area contributed by atoms with E-state index in [4.69, 9.17) is 19.2 Å². The highest BCUT2D eigenvalue weighted by molar-refractivity contribution is 6.83. The minimum Gasteiger partial charge on any atom is -0.466 e. The first-order valence-corrected chi connectivity index (χ1v) is 17.1. The predicted molar refractivity (Wildman–Crippen MR) is 167 cm³/mol. The number of benzene rings is 4. The maximum absolute atomic E-state index is 13.8. The van der Waals surface area contributed by atoms with E-state index in [9.17, 15) is 4.79 Å². The average molecular weight is 560 g/mol. The van der Waals surface area contributed by atoms with Crippen molar-refractivity contribution in [3.05, 3.63) is 114 Å². The topological polar surface area (TPSA) is 57.1 Å². The van der Waals surface area contributed by atoms with Crippen LogP contribution < -0.4 is 4.74 Å². The highest BCUT2D eigenvalue weighted by Gasteiger charge is 2.50. The van der Waals surface area contributed by atoms with Gasteiger partial charge in [0.25, 0.3) is 0 Å². The Balaban J connectivity index is 1.77. The van der Waals surface area contributed by atoms with Gasteiger partial charge in [-0.2, -0.15) is 0 Å². The van der Waals surface area contributed by atoms with E-state index in [0.29, 0.717) is 11.3 Å². The third-order valence-corrected chi connectivity index (χ3v) is 7.65. The molecule has 0 amide bonds. The largest absolute Gasteiger partial charge is 0.466 e. The number of carbonyl (C=O) groups is 1. The van der Waals surface area contributed by atoms with Crippen molar-refractivity contribution < 1.29 is 19.0 Å². The van der Waals surface area contributed by atoms with Crippen LogP contribution in [0.2, 0.25) is 19.6 Å². The maximum atomic E-state index is 13.8. The summed E-state index contributed by atoms with van der Waals surface area (Å²) in [5.41, 5.74) is 7.25. The minimum atomic E-state index is -1.94. The van der Waals surface area contributed by atoms with Gasteiger partial charge in [-0.15, -0.1) is 5.54 Å². The molecule has 2 atom stereocenters. The van der Waals surface area contributed by atoms with Crippen molar-refractivity contribution in [1.82, 2.24) is 0 Å². The van der Waals surface area contributed by atoms with Crippen molar-refractivity contribution in [2.75, 3.05) is 13.9 Å². The summed E-state index contributed by atoms with van der Waals surface area (Å²) < 4.78 is 17.9. The standard InChI is InChI=1S/C35H33NO4Si/c1-38-34(37)35(22-23-41(2,3)4,36-24-26-14-8-5-9-15-26)33-30-21-20-29(27-16-10-6-11-17-27)31(32(30)39-25-40-33)28-18-12-7-13-19-28/h5-21,24,33H,25H2,1-4H3. The van der Waals surface area contributed by atoms with Gasteiger partial charge in [0.15, 0.2) is 6.79 Å². The van der Waals surface area contributed by atoms with E-state index >= 15 is 0 Å². The molecule has 0 saturated heterocycles. The minimum absolute atomic E-state index is 0.0655. The highest BCUT2D eigenvalue weighted by Crippen LogP contribution is 2.49. The van der Waals surface area contributed by atoms with Gasteiger partial charge in [-0.1, -0.05) is 129 Å². The number of fused-ring (bicyclic) bond motifs is 1. The van der Waals surface area contributed by atoms with E-state index in [1.165, 1.54) is 7.11 Å². The molecule has 4 aromatic rings. The molecular formula is C35H33NO4Si. The van der Waals surface area contributed by atoms with E-state index in [1.54, 1.807) is 6.21 Å². The number of esters is 1. The second-order valence-corrected chi connectivity index (χ2v) is 15.6. The second-order valence-electron chi connectivity index (χ2n) is 10.9. The molecule has 0 radical (unpaired) electrons. The van der Waals surface area contributed by atoms with Crippen LogP contribution in [0.1, 0.15) is 17.2 Å². The zero-order valence-electron chi connectivity index (χ0n) is 23.8. The van der Waals surface area contributed by atoms with Crippen LogP contribution in [0.15, 0.2) is 108 Å². The number of carbonyl (C=O) groups excluding carboxylic acids is 1. The number of ether oxygens (including phenoxy) is 3. The number of aliphatic imine (C=N–C) groups is 1. The van der Waals surface area contributed by atoms with E-state index in [2.05, 4.69) is 61.4 Å². The summed E-state index contributed by atoms with van der Waals surface area (Å²) in [7, 11) is -0.575. The van der Waals surface area contributed by atoms with Gasteiger partial charge in [-0.05, 0) is 22.3 Å². The Kier molecular flexibility index (Phi) is 8.20. The molecule has 0 aliphatic carbocycles. The van der Waals surface area contributed by atoms with Crippen LogP contribution in [0.5, 0.6) is 5.75 Å². The van der Waals surface area contributed by atoms with Crippen molar-refractivity contribution in [3.63, 3.8) is 0 Å². The number of nitrogens with zero attached hydrogens (tertiary/aromatic N) is 1. The summed E-state index contributed by atoms with van der Waals surface area (Å²) >= 11 is 0. The summed E-state index contributed by atoms with van der Waals surface area (Å²) in [6.45, 7) is 6.31. The highest BCUT2D eigenvalue weighted by atomic mass is 28.3. The van der Waals surface area contributed by atoms with Crippen LogP contribution in [-0.2, 0) is 14.3 Å². The summed E-state index contributed by atoms with van der Waals surface area (Å²) in [5, 5.41) is 0. The number of hydrogen-bond donors (Lipinski definition) is 0. The van der Waals surface area contributed by atoms with Gasteiger partial charge < -0.3 is 14.2 Å². The Morgan fingerprint density at radius 1 is 0.902 bits per heavy atom. The molecule has 4 aromatic carbocycles. The Bertz CT molecular complexity index is 1600. The second kappa shape index (κ2) is 12.0. The van der Waals surface area contributed by atoms with Crippen LogP contribution in [0.3, 0.4) is 0 Å². The fourth-order valence-electron chi connectivity index (χ4n) is 4.84. The molecule has 0 bridgehead atoms. The van der Waals surface area contributed by atoms with Crippen LogP contribution in [-0.4, -0.2) is 39.7 Å². The maximum Gasteiger partial charge on any atom is 0.349 e. The molecule has 1 aliphatic rings. The molecule has 0 fully saturated rings. The smallest absolute Gasteiger partial charge is 0.349 e. The Hall–Kier alpha value is -4.44. The van der Waals surface area contributed by atoms with Crippen molar-refractivity contribution in [2.24, 2.45) is 4.99 Å². The fourth-order valence-corrected chi connectivity index (χ4v) is 5.40. The van der Waals surface area contributed by atoms with Crippen LogP contribution >= 0.6 is 0 Å². The summed E-state index contributed by atoms with van der Waals surface area (Å²) in [6.07, 6.45) is 0.805. The van der Waals surface area contributed by atoms with E-state index in [0.717, 1.165) is 27.8 Å². The van der Waals surface area contributed by atoms with Gasteiger partial charge in [-0.25, -0.2) is 4.79 Å². The van der Waals surface area contributed by atoms with Crippen molar-refractivity contribution >= 4 is 20.3 Å². The molecule has 0 spiro atoms.